The van der Waals surface area contributed by atoms with E-state index in [2.05, 4.69) is 0 Å². The van der Waals surface area contributed by atoms with Gasteiger partial charge in [0, 0.05) is 7.11 Å². The van der Waals surface area contributed by atoms with Gasteiger partial charge in [-0.3, -0.25) is 4.79 Å². The van der Waals surface area contributed by atoms with E-state index < -0.39 is 23.0 Å². The van der Waals surface area contributed by atoms with Crippen LogP contribution < -0.4 is 11.3 Å². The lowest BCUT2D eigenvalue weighted by Crippen LogP contribution is -2.28. The smallest absolute Gasteiger partial charge is 0.394 e. The third-order valence-electron chi connectivity index (χ3n) is 4.81. The Balaban J connectivity index is 1.95. The van der Waals surface area contributed by atoms with Crippen LogP contribution in [0.5, 0.6) is 0 Å². The number of alkyl halides is 3. The molecule has 3 rings (SSSR count). The van der Waals surface area contributed by atoms with E-state index in [4.69, 9.17) is 15.2 Å². The number of benzene rings is 2. The molecular weight excluding hydrogens is 409 g/mol. The lowest BCUT2D eigenvalue weighted by molar-refractivity contribution is -0.137. The first-order valence-corrected chi connectivity index (χ1v) is 9.61. The van der Waals surface area contributed by atoms with Crippen LogP contribution in [-0.2, 0) is 28.6 Å². The van der Waals surface area contributed by atoms with Crippen LogP contribution in [0.2, 0.25) is 0 Å². The Morgan fingerprint density at radius 2 is 1.65 bits per heavy atom. The van der Waals surface area contributed by atoms with Gasteiger partial charge in [0.05, 0.1) is 24.4 Å². The average Bonchev–Trinajstić information content (AvgIpc) is 2.75. The zero-order valence-electron chi connectivity index (χ0n) is 17.0. The molecule has 0 radical (unpaired) electrons. The molecule has 0 fully saturated rings. The van der Waals surface area contributed by atoms with Crippen molar-refractivity contribution < 1.29 is 22.6 Å². The van der Waals surface area contributed by atoms with Crippen molar-refractivity contribution in [3.63, 3.8) is 0 Å². The quantitative estimate of drug-likeness (QED) is 0.425. The summed E-state index contributed by atoms with van der Waals surface area (Å²) in [5.74, 6) is 0. The molecular formula is C23H23F3N2O3. The van der Waals surface area contributed by atoms with E-state index in [-0.39, 0.29) is 19.0 Å². The molecule has 2 aromatic carbocycles. The van der Waals surface area contributed by atoms with Crippen molar-refractivity contribution in [2.45, 2.75) is 19.1 Å². The minimum Gasteiger partial charge on any atom is -0.394 e. The Bertz CT molecular complexity index is 1060. The van der Waals surface area contributed by atoms with Crippen molar-refractivity contribution in [3.8, 4) is 11.3 Å². The number of pyridine rings is 1. The standard InChI is InChI=1S/C23H23F3N2O3/c1-30-15-31-12-11-16-7-9-17(10-8-16)14-28-20(18-5-3-2-4-6-18)13-19(23(24,25)26)21(27)22(28)29/h2-10,13H,11-12,14-15,27H2,1H3. The van der Waals surface area contributed by atoms with Gasteiger partial charge in [-0.05, 0) is 29.2 Å². The number of hydrogen-bond donors (Lipinski definition) is 1. The maximum atomic E-state index is 13.4. The number of nitrogens with zero attached hydrogens (tertiary/aromatic N) is 1. The van der Waals surface area contributed by atoms with Crippen LogP contribution in [0.25, 0.3) is 11.3 Å². The number of ether oxygens (including phenoxy) is 2. The summed E-state index contributed by atoms with van der Waals surface area (Å²) in [6, 6.07) is 16.9. The molecule has 0 aliphatic carbocycles. The maximum Gasteiger partial charge on any atom is 0.418 e. The molecule has 0 amide bonds. The van der Waals surface area contributed by atoms with E-state index in [1.54, 1.807) is 37.4 Å². The lowest BCUT2D eigenvalue weighted by atomic mass is 10.1. The molecule has 0 spiro atoms. The van der Waals surface area contributed by atoms with Crippen molar-refractivity contribution in [2.24, 2.45) is 0 Å². The molecule has 164 valence electrons. The second-order valence-electron chi connectivity index (χ2n) is 6.99. The predicted octanol–water partition coefficient (Wildman–Crippen LogP) is 4.33. The van der Waals surface area contributed by atoms with E-state index in [1.165, 1.54) is 4.57 Å². The molecule has 2 N–H and O–H groups in total. The van der Waals surface area contributed by atoms with Crippen LogP contribution in [0, 0.1) is 0 Å². The van der Waals surface area contributed by atoms with Gasteiger partial charge in [0.2, 0.25) is 0 Å². The Morgan fingerprint density at radius 1 is 1.00 bits per heavy atom. The fourth-order valence-electron chi connectivity index (χ4n) is 3.23. The van der Waals surface area contributed by atoms with Gasteiger partial charge < -0.3 is 19.8 Å². The highest BCUT2D eigenvalue weighted by Gasteiger charge is 2.35. The van der Waals surface area contributed by atoms with E-state index in [0.717, 1.165) is 17.2 Å². The summed E-state index contributed by atoms with van der Waals surface area (Å²) < 4.78 is 51.7. The summed E-state index contributed by atoms with van der Waals surface area (Å²) >= 11 is 0. The summed E-state index contributed by atoms with van der Waals surface area (Å²) in [7, 11) is 1.55. The van der Waals surface area contributed by atoms with Crippen molar-refractivity contribution in [1.82, 2.24) is 4.57 Å². The average molecular weight is 432 g/mol. The third kappa shape index (κ3) is 5.53. The molecule has 5 nitrogen and oxygen atoms in total. The van der Waals surface area contributed by atoms with Gasteiger partial charge in [-0.2, -0.15) is 13.2 Å². The first-order chi connectivity index (χ1) is 14.8. The van der Waals surface area contributed by atoms with Gasteiger partial charge in [-0.25, -0.2) is 0 Å². The zero-order valence-corrected chi connectivity index (χ0v) is 17.0. The topological polar surface area (TPSA) is 66.5 Å². The molecule has 0 atom stereocenters. The first-order valence-electron chi connectivity index (χ1n) is 9.61. The highest BCUT2D eigenvalue weighted by Crippen LogP contribution is 2.34. The second-order valence-corrected chi connectivity index (χ2v) is 6.99. The minimum absolute atomic E-state index is 0.0891. The number of halogens is 3. The lowest BCUT2D eigenvalue weighted by Gasteiger charge is -2.18. The first kappa shape index (κ1) is 22.6. The Hall–Kier alpha value is -3.10. The molecule has 0 unspecified atom stereocenters. The number of hydrogen-bond acceptors (Lipinski definition) is 4. The summed E-state index contributed by atoms with van der Waals surface area (Å²) in [5, 5.41) is 0. The van der Waals surface area contributed by atoms with Crippen molar-refractivity contribution in [3.05, 3.63) is 87.7 Å². The number of methoxy groups -OCH3 is 1. The summed E-state index contributed by atoms with van der Waals surface area (Å²) in [5.41, 5.74) is 5.24. The molecule has 3 aromatic rings. The van der Waals surface area contributed by atoms with Crippen LogP contribution in [0.15, 0.2) is 65.5 Å². The molecule has 1 aromatic heterocycles. The number of anilines is 1. The van der Waals surface area contributed by atoms with Gasteiger partial charge in [0.1, 0.15) is 12.5 Å². The third-order valence-corrected chi connectivity index (χ3v) is 4.81. The Kier molecular flexibility index (Phi) is 7.14. The zero-order chi connectivity index (χ0) is 22.4. The fourth-order valence-corrected chi connectivity index (χ4v) is 3.23. The minimum atomic E-state index is -4.72. The largest absolute Gasteiger partial charge is 0.418 e. The number of rotatable bonds is 8. The molecule has 0 aliphatic rings. The second kappa shape index (κ2) is 9.80. The highest BCUT2D eigenvalue weighted by molar-refractivity contribution is 5.64. The summed E-state index contributed by atoms with van der Waals surface area (Å²) in [4.78, 5) is 12.8. The molecule has 31 heavy (non-hydrogen) atoms. The molecule has 0 aliphatic heterocycles. The van der Waals surface area contributed by atoms with Crippen molar-refractivity contribution in [1.29, 1.82) is 0 Å². The normalized spacial score (nSPS) is 11.6. The molecule has 0 bridgehead atoms. The monoisotopic (exact) mass is 432 g/mol. The van der Waals surface area contributed by atoms with E-state index in [9.17, 15) is 18.0 Å². The van der Waals surface area contributed by atoms with Gasteiger partial charge >= 0.3 is 6.18 Å². The van der Waals surface area contributed by atoms with E-state index >= 15 is 0 Å². The van der Waals surface area contributed by atoms with Crippen LogP contribution in [0.1, 0.15) is 16.7 Å². The SMILES string of the molecule is COCOCCc1ccc(Cn2c(-c3ccccc3)cc(C(F)(F)F)c(N)c2=O)cc1. The molecule has 1 heterocycles. The molecule has 0 saturated carbocycles. The van der Waals surface area contributed by atoms with Crippen LogP contribution >= 0.6 is 0 Å². The number of nitrogen functional groups attached to an aromatic ring is 1. The van der Waals surface area contributed by atoms with Crippen LogP contribution in [-0.4, -0.2) is 25.1 Å². The van der Waals surface area contributed by atoms with E-state index in [0.29, 0.717) is 18.6 Å². The molecule has 8 heteroatoms. The number of nitrogens with two attached hydrogens (primary N) is 1. The maximum absolute atomic E-state index is 13.4. The van der Waals surface area contributed by atoms with Gasteiger partial charge in [-0.15, -0.1) is 0 Å². The van der Waals surface area contributed by atoms with Crippen LogP contribution in [0.4, 0.5) is 18.9 Å². The van der Waals surface area contributed by atoms with Crippen LogP contribution in [0.3, 0.4) is 0 Å². The van der Waals surface area contributed by atoms with Gasteiger partial charge in [-0.1, -0.05) is 54.6 Å². The van der Waals surface area contributed by atoms with E-state index in [1.807, 2.05) is 24.3 Å². The Morgan fingerprint density at radius 3 is 2.26 bits per heavy atom. The Labute approximate surface area is 177 Å². The fraction of sp³-hybridized carbons (Fsp3) is 0.261. The van der Waals surface area contributed by atoms with Gasteiger partial charge in [0.25, 0.3) is 5.56 Å². The van der Waals surface area contributed by atoms with Crippen molar-refractivity contribution in [2.75, 3.05) is 26.2 Å². The summed E-state index contributed by atoms with van der Waals surface area (Å²) in [6.07, 6.45) is -4.04. The molecule has 0 saturated heterocycles. The van der Waals surface area contributed by atoms with Crippen molar-refractivity contribution >= 4 is 5.69 Å². The highest BCUT2D eigenvalue weighted by atomic mass is 19.4. The number of aromatic nitrogens is 1. The summed E-state index contributed by atoms with van der Waals surface area (Å²) in [6.45, 7) is 0.810. The predicted molar refractivity (Wildman–Crippen MR) is 113 cm³/mol. The van der Waals surface area contributed by atoms with Gasteiger partial charge in [0.15, 0.2) is 0 Å².